The molecule has 0 bridgehead atoms. The van der Waals surface area contributed by atoms with Crippen molar-refractivity contribution in [3.63, 3.8) is 0 Å². The SMILES string of the molecule is CCn1ccnc1N1CCCC(C(=O)NCCN)C1. The monoisotopic (exact) mass is 265 g/mol. The molecule has 3 N–H and O–H groups in total. The van der Waals surface area contributed by atoms with Crippen molar-refractivity contribution in [2.45, 2.75) is 26.3 Å². The third-order valence-electron chi connectivity index (χ3n) is 3.55. The molecular formula is C13H23N5O. The molecule has 1 fully saturated rings. The van der Waals surface area contributed by atoms with Gasteiger partial charge in [-0.15, -0.1) is 0 Å². The van der Waals surface area contributed by atoms with Crippen LogP contribution in [0.1, 0.15) is 19.8 Å². The van der Waals surface area contributed by atoms with E-state index in [2.05, 4.69) is 26.7 Å². The summed E-state index contributed by atoms with van der Waals surface area (Å²) in [7, 11) is 0. The zero-order valence-electron chi connectivity index (χ0n) is 11.5. The van der Waals surface area contributed by atoms with Crippen LogP contribution in [0, 0.1) is 5.92 Å². The Morgan fingerprint density at radius 1 is 1.63 bits per heavy atom. The first-order valence-electron chi connectivity index (χ1n) is 7.00. The number of carbonyl (C=O) groups excluding carboxylic acids is 1. The van der Waals surface area contributed by atoms with Crippen molar-refractivity contribution in [3.8, 4) is 0 Å². The number of nitrogens with two attached hydrogens (primary N) is 1. The third kappa shape index (κ3) is 3.26. The smallest absolute Gasteiger partial charge is 0.224 e. The van der Waals surface area contributed by atoms with E-state index in [1.165, 1.54) is 0 Å². The molecule has 1 amide bonds. The first-order chi connectivity index (χ1) is 9.26. The molecule has 1 aliphatic rings. The average Bonchev–Trinajstić information content (AvgIpc) is 2.93. The second-order valence-electron chi connectivity index (χ2n) is 4.88. The summed E-state index contributed by atoms with van der Waals surface area (Å²) in [5, 5.41) is 2.88. The predicted octanol–water partition coefficient (Wildman–Crippen LogP) is 0.194. The Bertz CT molecular complexity index is 417. The Hall–Kier alpha value is -1.56. The molecule has 0 aromatic carbocycles. The molecule has 1 saturated heterocycles. The number of piperidine rings is 1. The van der Waals surface area contributed by atoms with Crippen molar-refractivity contribution in [1.29, 1.82) is 0 Å². The fourth-order valence-electron chi connectivity index (χ4n) is 2.54. The van der Waals surface area contributed by atoms with Gasteiger partial charge >= 0.3 is 0 Å². The van der Waals surface area contributed by atoms with E-state index in [1.54, 1.807) is 0 Å². The lowest BCUT2D eigenvalue weighted by Gasteiger charge is -2.33. The number of aryl methyl sites for hydroxylation is 1. The van der Waals surface area contributed by atoms with E-state index in [1.807, 2.05) is 12.4 Å². The lowest BCUT2D eigenvalue weighted by Crippen LogP contribution is -2.44. The normalized spacial score (nSPS) is 19.5. The van der Waals surface area contributed by atoms with Gasteiger partial charge in [0.15, 0.2) is 0 Å². The van der Waals surface area contributed by atoms with Crippen LogP contribution < -0.4 is 16.0 Å². The number of amides is 1. The van der Waals surface area contributed by atoms with Crippen molar-refractivity contribution < 1.29 is 4.79 Å². The van der Waals surface area contributed by atoms with Gasteiger partial charge in [-0.25, -0.2) is 4.98 Å². The molecular weight excluding hydrogens is 242 g/mol. The standard InChI is InChI=1S/C13H23N5O/c1-2-17-9-7-16-13(17)18-8-3-4-11(10-18)12(19)15-6-5-14/h7,9,11H,2-6,8,10,14H2,1H3,(H,15,19). The van der Waals surface area contributed by atoms with Crippen molar-refractivity contribution in [3.05, 3.63) is 12.4 Å². The number of imidazole rings is 1. The molecule has 0 aliphatic carbocycles. The van der Waals surface area contributed by atoms with Crippen molar-refractivity contribution in [2.24, 2.45) is 11.7 Å². The van der Waals surface area contributed by atoms with Gasteiger partial charge in [0, 0.05) is 45.1 Å². The van der Waals surface area contributed by atoms with E-state index in [4.69, 9.17) is 5.73 Å². The molecule has 2 rings (SSSR count). The van der Waals surface area contributed by atoms with Crippen LogP contribution >= 0.6 is 0 Å². The lowest BCUT2D eigenvalue weighted by atomic mass is 9.97. The van der Waals surface area contributed by atoms with Crippen LogP contribution in [-0.2, 0) is 11.3 Å². The van der Waals surface area contributed by atoms with Gasteiger partial charge in [0.25, 0.3) is 0 Å². The molecule has 0 radical (unpaired) electrons. The Morgan fingerprint density at radius 2 is 2.47 bits per heavy atom. The minimum atomic E-state index is 0.0438. The van der Waals surface area contributed by atoms with Crippen LogP contribution in [0.4, 0.5) is 5.95 Å². The first-order valence-corrected chi connectivity index (χ1v) is 7.00. The van der Waals surface area contributed by atoms with Gasteiger partial charge in [-0.2, -0.15) is 0 Å². The van der Waals surface area contributed by atoms with E-state index in [0.717, 1.165) is 38.4 Å². The summed E-state index contributed by atoms with van der Waals surface area (Å²) in [4.78, 5) is 18.6. The Labute approximate surface area is 114 Å². The Kier molecular flexibility index (Phi) is 4.79. The highest BCUT2D eigenvalue weighted by atomic mass is 16.1. The Morgan fingerprint density at radius 3 is 3.21 bits per heavy atom. The molecule has 2 heterocycles. The van der Waals surface area contributed by atoms with Crippen molar-refractivity contribution in [1.82, 2.24) is 14.9 Å². The Balaban J connectivity index is 1.99. The fourth-order valence-corrected chi connectivity index (χ4v) is 2.54. The molecule has 6 heteroatoms. The van der Waals surface area contributed by atoms with Gasteiger partial charge < -0.3 is 20.5 Å². The summed E-state index contributed by atoms with van der Waals surface area (Å²) < 4.78 is 2.11. The molecule has 19 heavy (non-hydrogen) atoms. The van der Waals surface area contributed by atoms with Crippen molar-refractivity contribution >= 4 is 11.9 Å². The van der Waals surface area contributed by atoms with E-state index >= 15 is 0 Å². The second-order valence-corrected chi connectivity index (χ2v) is 4.88. The van der Waals surface area contributed by atoms with E-state index in [-0.39, 0.29) is 11.8 Å². The van der Waals surface area contributed by atoms with Crippen molar-refractivity contribution in [2.75, 3.05) is 31.1 Å². The van der Waals surface area contributed by atoms with Gasteiger partial charge in [0.1, 0.15) is 0 Å². The highest BCUT2D eigenvalue weighted by molar-refractivity contribution is 5.79. The second kappa shape index (κ2) is 6.56. The number of nitrogens with zero attached hydrogens (tertiary/aromatic N) is 3. The first kappa shape index (κ1) is 13.9. The summed E-state index contributed by atoms with van der Waals surface area (Å²) in [6.07, 6.45) is 5.77. The molecule has 0 spiro atoms. The number of anilines is 1. The van der Waals surface area contributed by atoms with Gasteiger partial charge in [-0.3, -0.25) is 4.79 Å². The zero-order valence-corrected chi connectivity index (χ0v) is 11.5. The number of hydrogen-bond acceptors (Lipinski definition) is 4. The molecule has 1 atom stereocenters. The van der Waals surface area contributed by atoms with Crippen LogP contribution in [0.25, 0.3) is 0 Å². The molecule has 106 valence electrons. The maximum atomic E-state index is 12.0. The number of hydrogen-bond donors (Lipinski definition) is 2. The number of carbonyl (C=O) groups is 1. The van der Waals surface area contributed by atoms with Gasteiger partial charge in [-0.1, -0.05) is 0 Å². The van der Waals surface area contributed by atoms with Crippen LogP contribution in [0.3, 0.4) is 0 Å². The zero-order chi connectivity index (χ0) is 13.7. The summed E-state index contributed by atoms with van der Waals surface area (Å²) in [6, 6.07) is 0. The minimum Gasteiger partial charge on any atom is -0.355 e. The molecule has 6 nitrogen and oxygen atoms in total. The maximum absolute atomic E-state index is 12.0. The van der Waals surface area contributed by atoms with E-state index in [0.29, 0.717) is 13.1 Å². The highest BCUT2D eigenvalue weighted by Crippen LogP contribution is 2.22. The van der Waals surface area contributed by atoms with Gasteiger partial charge in [0.05, 0.1) is 5.92 Å². The van der Waals surface area contributed by atoms with Crippen LogP contribution in [0.15, 0.2) is 12.4 Å². The molecule has 1 aromatic heterocycles. The predicted molar refractivity (Wildman–Crippen MR) is 74.9 cm³/mol. The topological polar surface area (TPSA) is 76.2 Å². The van der Waals surface area contributed by atoms with Gasteiger partial charge in [-0.05, 0) is 19.8 Å². The third-order valence-corrected chi connectivity index (χ3v) is 3.55. The lowest BCUT2D eigenvalue weighted by molar-refractivity contribution is -0.125. The van der Waals surface area contributed by atoms with E-state index in [9.17, 15) is 4.79 Å². The largest absolute Gasteiger partial charge is 0.355 e. The number of aromatic nitrogens is 2. The highest BCUT2D eigenvalue weighted by Gasteiger charge is 2.27. The van der Waals surface area contributed by atoms with E-state index < -0.39 is 0 Å². The average molecular weight is 265 g/mol. The molecule has 0 saturated carbocycles. The summed E-state index contributed by atoms with van der Waals surface area (Å²) >= 11 is 0. The fraction of sp³-hybridized carbons (Fsp3) is 0.692. The van der Waals surface area contributed by atoms with Crippen LogP contribution in [0.5, 0.6) is 0 Å². The quantitative estimate of drug-likeness (QED) is 0.797. The van der Waals surface area contributed by atoms with Crippen LogP contribution in [0.2, 0.25) is 0 Å². The summed E-state index contributed by atoms with van der Waals surface area (Å²) in [5.74, 6) is 1.13. The summed E-state index contributed by atoms with van der Waals surface area (Å²) in [5.41, 5.74) is 5.41. The molecule has 1 aromatic rings. The molecule has 1 unspecified atom stereocenters. The number of rotatable bonds is 5. The maximum Gasteiger partial charge on any atom is 0.224 e. The molecule has 1 aliphatic heterocycles. The summed E-state index contributed by atoms with van der Waals surface area (Å²) in [6.45, 7) is 5.75. The minimum absolute atomic E-state index is 0.0438. The van der Waals surface area contributed by atoms with Gasteiger partial charge in [0.2, 0.25) is 11.9 Å². The number of nitrogens with one attached hydrogen (secondary N) is 1. The van der Waals surface area contributed by atoms with Crippen LogP contribution in [-0.4, -0.2) is 41.6 Å².